The molecule has 1 aliphatic carbocycles. The number of thioether (sulfide) groups is 1. The Morgan fingerprint density at radius 2 is 2.29 bits per heavy atom. The molecule has 0 aromatic carbocycles. The molecule has 4 nitrogen and oxygen atoms in total. The smallest absolute Gasteiger partial charge is 0.230 e. The Bertz CT molecular complexity index is 391. The number of carbonyl (C=O) groups excluding carboxylic acids is 1. The van der Waals surface area contributed by atoms with E-state index in [1.807, 2.05) is 13.0 Å². The molecule has 17 heavy (non-hydrogen) atoms. The Balaban J connectivity index is 1.75. The molecule has 1 saturated carbocycles. The van der Waals surface area contributed by atoms with E-state index in [1.54, 1.807) is 6.20 Å². The third-order valence-electron chi connectivity index (χ3n) is 2.83. The van der Waals surface area contributed by atoms with E-state index in [9.17, 15) is 4.79 Å². The fourth-order valence-electron chi connectivity index (χ4n) is 1.97. The van der Waals surface area contributed by atoms with Crippen LogP contribution < -0.4 is 5.32 Å². The monoisotopic (exact) mass is 251 g/mol. The second-order valence-electron chi connectivity index (χ2n) is 4.32. The first-order chi connectivity index (χ1) is 8.24. The first-order valence-electron chi connectivity index (χ1n) is 5.96. The number of nitrogens with zero attached hydrogens (tertiary/aromatic N) is 2. The average molecular weight is 251 g/mol. The molecule has 5 heteroatoms. The summed E-state index contributed by atoms with van der Waals surface area (Å²) in [6.07, 6.45) is 6.44. The Morgan fingerprint density at radius 1 is 1.53 bits per heavy atom. The molecule has 0 radical (unpaired) electrons. The molecular weight excluding hydrogens is 234 g/mol. The van der Waals surface area contributed by atoms with E-state index in [4.69, 9.17) is 0 Å². The van der Waals surface area contributed by atoms with Crippen LogP contribution in [0.4, 0.5) is 0 Å². The lowest BCUT2D eigenvalue weighted by molar-refractivity contribution is -0.119. The largest absolute Gasteiger partial charge is 0.353 e. The van der Waals surface area contributed by atoms with Gasteiger partial charge in [0, 0.05) is 17.9 Å². The standard InChI is InChI=1S/C12H17N3OS/c1-9-6-7-13-12(14-9)17-8-11(16)15-10-4-2-3-5-10/h6-7,10H,2-5,8H2,1H3,(H,15,16). The zero-order valence-electron chi connectivity index (χ0n) is 9.98. The molecule has 1 fully saturated rings. The first kappa shape index (κ1) is 12.4. The minimum absolute atomic E-state index is 0.0898. The van der Waals surface area contributed by atoms with E-state index in [0.29, 0.717) is 17.0 Å². The van der Waals surface area contributed by atoms with Crippen LogP contribution in [0.1, 0.15) is 31.4 Å². The third-order valence-corrected chi connectivity index (χ3v) is 3.69. The van der Waals surface area contributed by atoms with Gasteiger partial charge in [-0.3, -0.25) is 4.79 Å². The summed E-state index contributed by atoms with van der Waals surface area (Å²) in [5.41, 5.74) is 0.929. The summed E-state index contributed by atoms with van der Waals surface area (Å²) in [6, 6.07) is 2.24. The van der Waals surface area contributed by atoms with E-state index < -0.39 is 0 Å². The highest BCUT2D eigenvalue weighted by Gasteiger charge is 2.17. The van der Waals surface area contributed by atoms with Gasteiger partial charge in [-0.15, -0.1) is 0 Å². The van der Waals surface area contributed by atoms with E-state index in [-0.39, 0.29) is 5.91 Å². The van der Waals surface area contributed by atoms with Crippen molar-refractivity contribution < 1.29 is 4.79 Å². The van der Waals surface area contributed by atoms with Gasteiger partial charge in [0.25, 0.3) is 0 Å². The van der Waals surface area contributed by atoms with Gasteiger partial charge in [0.2, 0.25) is 5.91 Å². The molecule has 1 heterocycles. The number of hydrogen-bond acceptors (Lipinski definition) is 4. The number of rotatable bonds is 4. The second kappa shape index (κ2) is 6.00. The first-order valence-corrected chi connectivity index (χ1v) is 6.94. The molecule has 1 aliphatic rings. The highest BCUT2D eigenvalue weighted by Crippen LogP contribution is 2.18. The predicted octanol–water partition coefficient (Wildman–Crippen LogP) is 1.94. The van der Waals surface area contributed by atoms with Crippen LogP contribution in [-0.4, -0.2) is 27.7 Å². The van der Waals surface area contributed by atoms with Crippen LogP contribution >= 0.6 is 11.8 Å². The lowest BCUT2D eigenvalue weighted by atomic mass is 10.2. The van der Waals surface area contributed by atoms with Crippen LogP contribution in [0.3, 0.4) is 0 Å². The average Bonchev–Trinajstić information content (AvgIpc) is 2.79. The van der Waals surface area contributed by atoms with E-state index in [0.717, 1.165) is 18.5 Å². The summed E-state index contributed by atoms with van der Waals surface area (Å²) in [4.78, 5) is 20.0. The number of nitrogens with one attached hydrogen (secondary N) is 1. The second-order valence-corrected chi connectivity index (χ2v) is 5.26. The zero-order valence-corrected chi connectivity index (χ0v) is 10.8. The molecule has 2 rings (SSSR count). The number of carbonyl (C=O) groups is 1. The summed E-state index contributed by atoms with van der Waals surface area (Å²) in [5.74, 6) is 0.493. The van der Waals surface area contributed by atoms with Crippen molar-refractivity contribution in [1.29, 1.82) is 0 Å². The fourth-order valence-corrected chi connectivity index (χ4v) is 2.65. The molecule has 0 atom stereocenters. The molecule has 0 spiro atoms. The van der Waals surface area contributed by atoms with Gasteiger partial charge in [0.05, 0.1) is 5.75 Å². The van der Waals surface area contributed by atoms with Crippen molar-refractivity contribution in [2.45, 2.75) is 43.8 Å². The topological polar surface area (TPSA) is 54.9 Å². The van der Waals surface area contributed by atoms with Crippen molar-refractivity contribution in [3.63, 3.8) is 0 Å². The molecule has 92 valence electrons. The third kappa shape index (κ3) is 4.00. The van der Waals surface area contributed by atoms with Gasteiger partial charge in [0.15, 0.2) is 5.16 Å². The molecule has 0 unspecified atom stereocenters. The number of aromatic nitrogens is 2. The Labute approximate surface area is 106 Å². The fraction of sp³-hybridized carbons (Fsp3) is 0.583. The predicted molar refractivity (Wildman–Crippen MR) is 67.9 cm³/mol. The van der Waals surface area contributed by atoms with Gasteiger partial charge in [-0.1, -0.05) is 24.6 Å². The Kier molecular flexibility index (Phi) is 4.36. The lowest BCUT2D eigenvalue weighted by Crippen LogP contribution is -2.33. The summed E-state index contributed by atoms with van der Waals surface area (Å²) in [6.45, 7) is 1.92. The van der Waals surface area contributed by atoms with Gasteiger partial charge in [-0.05, 0) is 25.8 Å². The van der Waals surface area contributed by atoms with Crippen molar-refractivity contribution in [2.75, 3.05) is 5.75 Å². The lowest BCUT2D eigenvalue weighted by Gasteiger charge is -2.11. The quantitative estimate of drug-likeness (QED) is 0.656. The van der Waals surface area contributed by atoms with Crippen molar-refractivity contribution >= 4 is 17.7 Å². The molecular formula is C12H17N3OS. The Hall–Kier alpha value is -1.10. The van der Waals surface area contributed by atoms with E-state index in [1.165, 1.54) is 24.6 Å². The van der Waals surface area contributed by atoms with Gasteiger partial charge < -0.3 is 5.32 Å². The maximum atomic E-state index is 11.7. The Morgan fingerprint density at radius 3 is 3.00 bits per heavy atom. The van der Waals surface area contributed by atoms with Crippen molar-refractivity contribution in [3.05, 3.63) is 18.0 Å². The van der Waals surface area contributed by atoms with Crippen LogP contribution in [0.15, 0.2) is 17.4 Å². The number of aryl methyl sites for hydroxylation is 1. The van der Waals surface area contributed by atoms with Crippen molar-refractivity contribution in [3.8, 4) is 0 Å². The molecule has 1 amide bonds. The summed E-state index contributed by atoms with van der Waals surface area (Å²) >= 11 is 1.39. The summed E-state index contributed by atoms with van der Waals surface area (Å²) in [7, 11) is 0. The minimum atomic E-state index is 0.0898. The van der Waals surface area contributed by atoms with Gasteiger partial charge in [0.1, 0.15) is 0 Å². The van der Waals surface area contributed by atoms with Gasteiger partial charge in [-0.25, -0.2) is 9.97 Å². The van der Waals surface area contributed by atoms with Crippen LogP contribution in [-0.2, 0) is 4.79 Å². The van der Waals surface area contributed by atoms with Crippen LogP contribution in [0.5, 0.6) is 0 Å². The zero-order chi connectivity index (χ0) is 12.1. The molecule has 0 bridgehead atoms. The highest BCUT2D eigenvalue weighted by molar-refractivity contribution is 7.99. The molecule has 1 aromatic heterocycles. The summed E-state index contributed by atoms with van der Waals surface area (Å²) < 4.78 is 0. The normalized spacial score (nSPS) is 16.1. The van der Waals surface area contributed by atoms with Crippen molar-refractivity contribution in [1.82, 2.24) is 15.3 Å². The number of amides is 1. The molecule has 1 N–H and O–H groups in total. The van der Waals surface area contributed by atoms with Crippen LogP contribution in [0.25, 0.3) is 0 Å². The summed E-state index contributed by atoms with van der Waals surface area (Å²) in [5, 5.41) is 3.72. The number of hydrogen-bond donors (Lipinski definition) is 1. The highest BCUT2D eigenvalue weighted by atomic mass is 32.2. The minimum Gasteiger partial charge on any atom is -0.353 e. The van der Waals surface area contributed by atoms with Crippen LogP contribution in [0.2, 0.25) is 0 Å². The maximum absolute atomic E-state index is 11.7. The van der Waals surface area contributed by atoms with E-state index >= 15 is 0 Å². The molecule has 0 aliphatic heterocycles. The van der Waals surface area contributed by atoms with Crippen LogP contribution in [0, 0.1) is 6.92 Å². The van der Waals surface area contributed by atoms with E-state index in [2.05, 4.69) is 15.3 Å². The molecule has 0 saturated heterocycles. The molecule has 1 aromatic rings. The van der Waals surface area contributed by atoms with Gasteiger partial charge in [-0.2, -0.15) is 0 Å². The maximum Gasteiger partial charge on any atom is 0.230 e. The SMILES string of the molecule is Cc1ccnc(SCC(=O)NC2CCCC2)n1. The van der Waals surface area contributed by atoms with Gasteiger partial charge >= 0.3 is 0 Å². The van der Waals surface area contributed by atoms with Crippen molar-refractivity contribution in [2.24, 2.45) is 0 Å².